The Balaban J connectivity index is 1.53. The lowest BCUT2D eigenvalue weighted by Crippen LogP contribution is -2.39. The number of alkyl carbamates (subject to hydrolysis) is 1. The van der Waals surface area contributed by atoms with E-state index >= 15 is 0 Å². The molecule has 1 aliphatic carbocycles. The highest BCUT2D eigenvalue weighted by Gasteiger charge is 2.30. The molecule has 1 aliphatic rings. The van der Waals surface area contributed by atoms with Gasteiger partial charge in [0.25, 0.3) is 0 Å². The minimum atomic E-state index is -0.981. The van der Waals surface area contributed by atoms with E-state index in [0.29, 0.717) is 25.8 Å². The second kappa shape index (κ2) is 11.9. The van der Waals surface area contributed by atoms with Gasteiger partial charge in [-0.25, -0.2) is 9.59 Å². The maximum Gasteiger partial charge on any atom is 0.409 e. The van der Waals surface area contributed by atoms with Crippen LogP contribution >= 0.6 is 0 Å². The zero-order valence-corrected chi connectivity index (χ0v) is 21.5. The van der Waals surface area contributed by atoms with Crippen LogP contribution in [0.1, 0.15) is 63.5 Å². The standard InChI is InChI=1S/C28H36N2O6/c1-28(2,3)36-26(33)29-16-10-9-11-19(17-25(31)32)30(4)27(34)35-18-24-22-14-7-5-12-20(22)21-13-6-8-15-23(21)24/h5-8,12-15,19,24H,9-11,16-18H2,1-4H3,(H,29,33)(H,31,32)/t19-/m1/s1. The fourth-order valence-corrected chi connectivity index (χ4v) is 4.49. The molecule has 0 saturated carbocycles. The Morgan fingerprint density at radius 1 is 1.00 bits per heavy atom. The maximum absolute atomic E-state index is 12.9. The first-order valence-electron chi connectivity index (χ1n) is 12.3. The number of carboxylic acid groups (broad SMARTS) is 1. The molecule has 0 bridgehead atoms. The van der Waals surface area contributed by atoms with Crippen LogP contribution in [0.15, 0.2) is 48.5 Å². The van der Waals surface area contributed by atoms with Gasteiger partial charge in [0.2, 0.25) is 0 Å². The number of nitrogens with zero attached hydrogens (tertiary/aromatic N) is 1. The van der Waals surface area contributed by atoms with Crippen LogP contribution in [0.4, 0.5) is 9.59 Å². The molecule has 0 heterocycles. The van der Waals surface area contributed by atoms with Crippen LogP contribution in [0.3, 0.4) is 0 Å². The molecule has 0 unspecified atom stereocenters. The largest absolute Gasteiger partial charge is 0.481 e. The summed E-state index contributed by atoms with van der Waals surface area (Å²) in [6.45, 7) is 5.97. The SMILES string of the molecule is CN(C(=O)OCC1c2ccccc2-c2ccccc21)[C@H](CCCCNC(=O)OC(C)(C)C)CC(=O)O. The summed E-state index contributed by atoms with van der Waals surface area (Å²) in [5.41, 5.74) is 3.96. The minimum absolute atomic E-state index is 0.0633. The third-order valence-corrected chi connectivity index (χ3v) is 6.21. The first kappa shape index (κ1) is 27.0. The monoisotopic (exact) mass is 496 g/mol. The van der Waals surface area contributed by atoms with Gasteiger partial charge in [0.1, 0.15) is 12.2 Å². The van der Waals surface area contributed by atoms with Gasteiger partial charge in [0.05, 0.1) is 6.42 Å². The number of amides is 2. The molecule has 194 valence electrons. The molecule has 2 N–H and O–H groups in total. The van der Waals surface area contributed by atoms with Gasteiger partial charge in [0, 0.05) is 25.6 Å². The van der Waals surface area contributed by atoms with Crippen molar-refractivity contribution in [3.05, 3.63) is 59.7 Å². The predicted molar refractivity (Wildman–Crippen MR) is 137 cm³/mol. The highest BCUT2D eigenvalue weighted by molar-refractivity contribution is 5.79. The Bertz CT molecular complexity index is 1030. The number of fused-ring (bicyclic) bond motifs is 3. The normalized spacial score (nSPS) is 13.3. The second-order valence-corrected chi connectivity index (χ2v) is 10.1. The van der Waals surface area contributed by atoms with Gasteiger partial charge < -0.3 is 24.8 Å². The topological polar surface area (TPSA) is 105 Å². The average Bonchev–Trinajstić information content (AvgIpc) is 3.13. The number of ether oxygens (including phenoxy) is 2. The van der Waals surface area contributed by atoms with Crippen molar-refractivity contribution >= 4 is 18.2 Å². The van der Waals surface area contributed by atoms with Crippen molar-refractivity contribution < 1.29 is 29.0 Å². The molecule has 0 aliphatic heterocycles. The van der Waals surface area contributed by atoms with Crippen LogP contribution in [0.5, 0.6) is 0 Å². The molecule has 1 atom stereocenters. The number of carbonyl (C=O) groups excluding carboxylic acids is 2. The first-order valence-corrected chi connectivity index (χ1v) is 12.3. The quantitative estimate of drug-likeness (QED) is 0.427. The second-order valence-electron chi connectivity index (χ2n) is 10.1. The van der Waals surface area contributed by atoms with E-state index in [4.69, 9.17) is 9.47 Å². The van der Waals surface area contributed by atoms with Gasteiger partial charge in [0.15, 0.2) is 0 Å². The van der Waals surface area contributed by atoms with Crippen LogP contribution in [0.2, 0.25) is 0 Å². The summed E-state index contributed by atoms with van der Waals surface area (Å²) in [7, 11) is 1.57. The van der Waals surface area contributed by atoms with Gasteiger partial charge in [-0.05, 0) is 62.3 Å². The Kier molecular flexibility index (Phi) is 8.96. The third kappa shape index (κ3) is 7.23. The number of unbranched alkanes of at least 4 members (excludes halogenated alkanes) is 1. The molecule has 2 aromatic rings. The van der Waals surface area contributed by atoms with Gasteiger partial charge in [-0.3, -0.25) is 4.79 Å². The summed E-state index contributed by atoms with van der Waals surface area (Å²) in [4.78, 5) is 37.5. The predicted octanol–water partition coefficient (Wildman–Crippen LogP) is 5.41. The molecule has 0 aromatic heterocycles. The third-order valence-electron chi connectivity index (χ3n) is 6.21. The van der Waals surface area contributed by atoms with Crippen molar-refractivity contribution in [2.45, 2.75) is 64.0 Å². The van der Waals surface area contributed by atoms with Crippen LogP contribution in [0, 0.1) is 0 Å². The highest BCUT2D eigenvalue weighted by Crippen LogP contribution is 2.44. The summed E-state index contributed by atoms with van der Waals surface area (Å²) in [5, 5.41) is 12.1. The molecule has 3 rings (SSSR count). The van der Waals surface area contributed by atoms with E-state index in [2.05, 4.69) is 29.6 Å². The molecule has 2 aromatic carbocycles. The number of rotatable bonds is 10. The fraction of sp³-hybridized carbons (Fsp3) is 0.464. The summed E-state index contributed by atoms with van der Waals surface area (Å²) in [5.74, 6) is -1.04. The van der Waals surface area contributed by atoms with E-state index in [0.717, 1.165) is 22.3 Å². The van der Waals surface area contributed by atoms with Crippen molar-refractivity contribution in [3.63, 3.8) is 0 Å². The summed E-state index contributed by atoms with van der Waals surface area (Å²) < 4.78 is 10.9. The molecule has 2 amide bonds. The van der Waals surface area contributed by atoms with Crippen LogP contribution < -0.4 is 5.32 Å². The molecule has 36 heavy (non-hydrogen) atoms. The van der Waals surface area contributed by atoms with Crippen molar-refractivity contribution in [2.75, 3.05) is 20.2 Å². The Morgan fingerprint density at radius 2 is 1.58 bits per heavy atom. The molecular weight excluding hydrogens is 460 g/mol. The van der Waals surface area contributed by atoms with E-state index in [-0.39, 0.29) is 18.9 Å². The minimum Gasteiger partial charge on any atom is -0.481 e. The zero-order chi connectivity index (χ0) is 26.3. The van der Waals surface area contributed by atoms with E-state index < -0.39 is 29.8 Å². The van der Waals surface area contributed by atoms with Crippen molar-refractivity contribution in [2.24, 2.45) is 0 Å². The van der Waals surface area contributed by atoms with Crippen molar-refractivity contribution in [3.8, 4) is 11.1 Å². The molecule has 8 nitrogen and oxygen atoms in total. The average molecular weight is 497 g/mol. The van der Waals surface area contributed by atoms with Crippen molar-refractivity contribution in [1.82, 2.24) is 10.2 Å². The maximum atomic E-state index is 12.9. The molecule has 0 fully saturated rings. The first-order chi connectivity index (χ1) is 17.1. The zero-order valence-electron chi connectivity index (χ0n) is 21.5. The summed E-state index contributed by atoms with van der Waals surface area (Å²) >= 11 is 0. The van der Waals surface area contributed by atoms with E-state index in [9.17, 15) is 19.5 Å². The molecule has 8 heteroatoms. The summed E-state index contributed by atoms with van der Waals surface area (Å²) in [6, 6.07) is 15.7. The molecule has 0 radical (unpaired) electrons. The van der Waals surface area contributed by atoms with Crippen LogP contribution in [0.25, 0.3) is 11.1 Å². The van der Waals surface area contributed by atoms with E-state index in [1.807, 2.05) is 24.3 Å². The van der Waals surface area contributed by atoms with E-state index in [1.165, 1.54) is 4.90 Å². The van der Waals surface area contributed by atoms with Crippen LogP contribution in [-0.2, 0) is 14.3 Å². The number of nitrogens with one attached hydrogen (secondary N) is 1. The lowest BCUT2D eigenvalue weighted by atomic mass is 9.98. The Morgan fingerprint density at radius 3 is 2.14 bits per heavy atom. The summed E-state index contributed by atoms with van der Waals surface area (Å²) in [6.07, 6.45) is 0.529. The molecule has 0 spiro atoms. The number of carboxylic acids is 1. The lowest BCUT2D eigenvalue weighted by Gasteiger charge is -2.27. The number of hydrogen-bond donors (Lipinski definition) is 2. The van der Waals surface area contributed by atoms with Gasteiger partial charge >= 0.3 is 18.2 Å². The van der Waals surface area contributed by atoms with Gasteiger partial charge in [-0.1, -0.05) is 48.5 Å². The Labute approximate surface area is 212 Å². The lowest BCUT2D eigenvalue weighted by molar-refractivity contribution is -0.138. The van der Waals surface area contributed by atoms with Gasteiger partial charge in [-0.2, -0.15) is 0 Å². The van der Waals surface area contributed by atoms with Crippen LogP contribution in [-0.4, -0.2) is 60.0 Å². The van der Waals surface area contributed by atoms with E-state index in [1.54, 1.807) is 27.8 Å². The molecule has 0 saturated heterocycles. The number of benzene rings is 2. The van der Waals surface area contributed by atoms with Crippen molar-refractivity contribution in [1.29, 1.82) is 0 Å². The van der Waals surface area contributed by atoms with Gasteiger partial charge in [-0.15, -0.1) is 0 Å². The number of carbonyl (C=O) groups is 3. The highest BCUT2D eigenvalue weighted by atomic mass is 16.6. The number of hydrogen-bond acceptors (Lipinski definition) is 5. The Hall–Kier alpha value is -3.55. The fourth-order valence-electron chi connectivity index (χ4n) is 4.49. The smallest absolute Gasteiger partial charge is 0.409 e. The molecular formula is C28H36N2O6. The number of aliphatic carboxylic acids is 1.